The highest BCUT2D eigenvalue weighted by Gasteiger charge is 2.18. The van der Waals surface area contributed by atoms with Gasteiger partial charge in [-0.05, 0) is 54.8 Å². The van der Waals surface area contributed by atoms with Gasteiger partial charge in [-0.1, -0.05) is 12.1 Å². The molecule has 2 aromatic carbocycles. The van der Waals surface area contributed by atoms with Crippen LogP contribution in [0.3, 0.4) is 0 Å². The minimum atomic E-state index is -0.708. The van der Waals surface area contributed by atoms with Crippen molar-refractivity contribution in [2.75, 3.05) is 19.0 Å². The monoisotopic (exact) mass is 384 g/mol. The van der Waals surface area contributed by atoms with Crippen molar-refractivity contribution >= 4 is 29.3 Å². The maximum atomic E-state index is 12.0. The topological polar surface area (TPSA) is 108 Å². The first kappa shape index (κ1) is 20.6. The van der Waals surface area contributed by atoms with Crippen LogP contribution < -0.4 is 10.1 Å². The van der Waals surface area contributed by atoms with E-state index in [4.69, 9.17) is 9.47 Å². The van der Waals surface area contributed by atoms with Gasteiger partial charge in [-0.2, -0.15) is 0 Å². The molecule has 0 aliphatic rings. The molecule has 0 aliphatic carbocycles. The van der Waals surface area contributed by atoms with Crippen LogP contribution in [0, 0.1) is 24.0 Å². The summed E-state index contributed by atoms with van der Waals surface area (Å²) in [4.78, 5) is 34.3. The molecule has 0 aromatic heterocycles. The van der Waals surface area contributed by atoms with Crippen molar-refractivity contribution in [2.24, 2.45) is 0 Å². The molecule has 8 nitrogen and oxygen atoms in total. The highest BCUT2D eigenvalue weighted by molar-refractivity contribution is 5.96. The molecule has 0 bridgehead atoms. The lowest BCUT2D eigenvalue weighted by Crippen LogP contribution is -2.20. The molecule has 2 rings (SSSR count). The van der Waals surface area contributed by atoms with E-state index in [1.807, 2.05) is 0 Å². The summed E-state index contributed by atoms with van der Waals surface area (Å²) in [5.74, 6) is -0.685. The molecular weight excluding hydrogens is 364 g/mol. The lowest BCUT2D eigenvalue weighted by Gasteiger charge is -2.09. The quantitative estimate of drug-likeness (QED) is 0.339. The lowest BCUT2D eigenvalue weighted by atomic mass is 10.1. The van der Waals surface area contributed by atoms with Crippen molar-refractivity contribution in [3.8, 4) is 5.75 Å². The fourth-order valence-corrected chi connectivity index (χ4v) is 2.30. The fourth-order valence-electron chi connectivity index (χ4n) is 2.30. The van der Waals surface area contributed by atoms with Crippen LogP contribution in [-0.4, -0.2) is 30.5 Å². The van der Waals surface area contributed by atoms with Gasteiger partial charge in [-0.25, -0.2) is 4.79 Å². The van der Waals surface area contributed by atoms with Gasteiger partial charge in [0.2, 0.25) is 0 Å². The molecule has 1 N–H and O–H groups in total. The Morgan fingerprint density at radius 2 is 1.79 bits per heavy atom. The van der Waals surface area contributed by atoms with E-state index in [9.17, 15) is 19.7 Å². The maximum absolute atomic E-state index is 12.0. The van der Waals surface area contributed by atoms with Crippen LogP contribution in [-0.2, 0) is 14.3 Å². The number of ether oxygens (including phenoxy) is 2. The molecule has 0 fully saturated rings. The van der Waals surface area contributed by atoms with Gasteiger partial charge in [0, 0.05) is 12.1 Å². The van der Waals surface area contributed by atoms with E-state index in [0.29, 0.717) is 5.75 Å². The number of hydrogen-bond acceptors (Lipinski definition) is 6. The van der Waals surface area contributed by atoms with E-state index in [2.05, 4.69) is 5.32 Å². The molecule has 8 heteroatoms. The van der Waals surface area contributed by atoms with Crippen molar-refractivity contribution < 1.29 is 24.0 Å². The van der Waals surface area contributed by atoms with Crippen molar-refractivity contribution in [1.29, 1.82) is 0 Å². The number of amides is 1. The highest BCUT2D eigenvalue weighted by Crippen LogP contribution is 2.27. The first-order chi connectivity index (χ1) is 13.3. The van der Waals surface area contributed by atoms with Crippen LogP contribution in [0.4, 0.5) is 11.4 Å². The summed E-state index contributed by atoms with van der Waals surface area (Å²) in [5, 5.41) is 13.6. The Balaban J connectivity index is 1.93. The Labute approximate surface area is 161 Å². The Hall–Kier alpha value is -3.68. The van der Waals surface area contributed by atoms with E-state index in [-0.39, 0.29) is 11.4 Å². The molecule has 0 atom stereocenters. The zero-order valence-electron chi connectivity index (χ0n) is 15.7. The van der Waals surface area contributed by atoms with E-state index in [1.165, 1.54) is 24.3 Å². The Morgan fingerprint density at radius 1 is 1.14 bits per heavy atom. The zero-order chi connectivity index (χ0) is 20.7. The number of anilines is 1. The second-order valence-corrected chi connectivity index (χ2v) is 5.97. The molecule has 28 heavy (non-hydrogen) atoms. The summed E-state index contributed by atoms with van der Waals surface area (Å²) in [6, 6.07) is 9.90. The summed E-state index contributed by atoms with van der Waals surface area (Å²) in [5.41, 5.74) is 2.12. The van der Waals surface area contributed by atoms with Crippen LogP contribution in [0.5, 0.6) is 5.75 Å². The van der Waals surface area contributed by atoms with Crippen LogP contribution >= 0.6 is 0 Å². The minimum absolute atomic E-state index is 0.0583. The largest absolute Gasteiger partial charge is 0.497 e. The lowest BCUT2D eigenvalue weighted by molar-refractivity contribution is -0.384. The number of esters is 1. The van der Waals surface area contributed by atoms with Gasteiger partial charge in [0.05, 0.1) is 12.0 Å². The number of rotatable bonds is 7. The Bertz CT molecular complexity index is 919. The van der Waals surface area contributed by atoms with Gasteiger partial charge in [-0.3, -0.25) is 14.9 Å². The number of methoxy groups -OCH3 is 1. The van der Waals surface area contributed by atoms with Gasteiger partial charge in [-0.15, -0.1) is 0 Å². The van der Waals surface area contributed by atoms with Crippen LogP contribution in [0.25, 0.3) is 6.08 Å². The number of aryl methyl sites for hydroxylation is 2. The molecule has 0 aliphatic heterocycles. The third-order valence-electron chi connectivity index (χ3n) is 3.96. The van der Waals surface area contributed by atoms with Gasteiger partial charge in [0.25, 0.3) is 11.6 Å². The second kappa shape index (κ2) is 9.31. The number of nitrogens with zero attached hydrogens (tertiary/aromatic N) is 1. The average molecular weight is 384 g/mol. The number of carbonyl (C=O) groups excluding carboxylic acids is 2. The molecule has 0 spiro atoms. The first-order valence-electron chi connectivity index (χ1n) is 8.34. The van der Waals surface area contributed by atoms with Crippen LogP contribution in [0.15, 0.2) is 42.5 Å². The predicted molar refractivity (Wildman–Crippen MR) is 104 cm³/mol. The standard InChI is InChI=1S/C20H20N2O6/c1-13-10-17(18(22(25)26)11-14(13)2)21-19(23)12-28-20(24)9-6-15-4-7-16(27-3)8-5-15/h4-11H,12H2,1-3H3,(H,21,23)/b9-6+. The smallest absolute Gasteiger partial charge is 0.331 e. The molecule has 2 aromatic rings. The Morgan fingerprint density at radius 3 is 2.39 bits per heavy atom. The number of hydrogen-bond donors (Lipinski definition) is 1. The van der Waals surface area contributed by atoms with E-state index < -0.39 is 23.4 Å². The molecule has 0 radical (unpaired) electrons. The SMILES string of the molecule is COc1ccc(/C=C/C(=O)OCC(=O)Nc2cc(C)c(C)cc2[N+](=O)[O-])cc1. The van der Waals surface area contributed by atoms with Crippen molar-refractivity contribution in [1.82, 2.24) is 0 Å². The first-order valence-corrected chi connectivity index (χ1v) is 8.34. The summed E-state index contributed by atoms with van der Waals surface area (Å²) >= 11 is 0. The van der Waals surface area contributed by atoms with E-state index >= 15 is 0 Å². The molecule has 146 valence electrons. The fraction of sp³-hybridized carbons (Fsp3) is 0.200. The summed E-state index contributed by atoms with van der Waals surface area (Å²) in [7, 11) is 1.56. The zero-order valence-corrected chi connectivity index (χ0v) is 15.7. The molecular formula is C20H20N2O6. The highest BCUT2D eigenvalue weighted by atomic mass is 16.6. The van der Waals surface area contributed by atoms with Gasteiger partial charge in [0.1, 0.15) is 11.4 Å². The predicted octanol–water partition coefficient (Wildman–Crippen LogP) is 3.42. The van der Waals surface area contributed by atoms with Crippen LogP contribution in [0.1, 0.15) is 16.7 Å². The number of benzene rings is 2. The number of nitrogens with one attached hydrogen (secondary N) is 1. The van der Waals surface area contributed by atoms with E-state index in [0.717, 1.165) is 16.7 Å². The third-order valence-corrected chi connectivity index (χ3v) is 3.96. The van der Waals surface area contributed by atoms with Crippen LogP contribution in [0.2, 0.25) is 0 Å². The molecule has 0 saturated carbocycles. The maximum Gasteiger partial charge on any atom is 0.331 e. The van der Waals surface area contributed by atoms with Gasteiger partial charge >= 0.3 is 5.97 Å². The minimum Gasteiger partial charge on any atom is -0.497 e. The molecule has 0 heterocycles. The normalized spacial score (nSPS) is 10.5. The Kier molecular flexibility index (Phi) is 6.86. The van der Waals surface area contributed by atoms with Gasteiger partial charge in [0.15, 0.2) is 6.61 Å². The summed E-state index contributed by atoms with van der Waals surface area (Å²) in [6.45, 7) is 2.96. The van der Waals surface area contributed by atoms with Crippen molar-refractivity contribution in [2.45, 2.75) is 13.8 Å². The summed E-state index contributed by atoms with van der Waals surface area (Å²) in [6.07, 6.45) is 2.72. The number of nitro benzene ring substituents is 1. The number of nitro groups is 1. The van der Waals surface area contributed by atoms with Gasteiger partial charge < -0.3 is 14.8 Å². The van der Waals surface area contributed by atoms with Crippen molar-refractivity contribution in [3.05, 3.63) is 69.3 Å². The summed E-state index contributed by atoms with van der Waals surface area (Å²) < 4.78 is 9.91. The van der Waals surface area contributed by atoms with Crippen molar-refractivity contribution in [3.63, 3.8) is 0 Å². The molecule has 1 amide bonds. The third kappa shape index (κ3) is 5.66. The number of carbonyl (C=O) groups is 2. The van der Waals surface area contributed by atoms with E-state index in [1.54, 1.807) is 45.2 Å². The molecule has 0 saturated heterocycles. The second-order valence-electron chi connectivity index (χ2n) is 5.97. The average Bonchev–Trinajstić information content (AvgIpc) is 2.67. The molecule has 0 unspecified atom stereocenters.